The maximum atomic E-state index is 2.63. The van der Waals surface area contributed by atoms with Crippen LogP contribution in [0.1, 0.15) is 65.1 Å². The lowest BCUT2D eigenvalue weighted by molar-refractivity contribution is 0.582. The third-order valence-corrected chi connectivity index (χ3v) is 9.62. The zero-order valence-electron chi connectivity index (χ0n) is 25.8. The number of nitrogens with zero attached hydrogens (tertiary/aromatic N) is 2. The van der Waals surface area contributed by atoms with E-state index in [4.69, 9.17) is 0 Å². The zero-order valence-corrected chi connectivity index (χ0v) is 25.8. The van der Waals surface area contributed by atoms with Gasteiger partial charge >= 0.3 is 0 Å². The number of allylic oxidation sites excluding steroid dienone is 3. The van der Waals surface area contributed by atoms with Crippen LogP contribution < -0.4 is 20.1 Å². The molecule has 0 unspecified atom stereocenters. The van der Waals surface area contributed by atoms with E-state index in [1.165, 1.54) is 112 Å². The molecule has 3 aliphatic rings. The first-order valence-electron chi connectivity index (χ1n) is 16.3. The summed E-state index contributed by atoms with van der Waals surface area (Å²) in [4.78, 5) is 2.63. The summed E-state index contributed by atoms with van der Waals surface area (Å²) in [5.41, 5.74) is 14.0. The minimum Gasteiger partial charge on any atom is -0.371 e. The molecule has 0 fully saturated rings. The third kappa shape index (κ3) is 5.52. The van der Waals surface area contributed by atoms with E-state index in [0.717, 1.165) is 19.4 Å². The van der Waals surface area contributed by atoms with Crippen molar-refractivity contribution < 1.29 is 0 Å². The van der Waals surface area contributed by atoms with Crippen LogP contribution in [0, 0.1) is 0 Å². The van der Waals surface area contributed by atoms with Crippen molar-refractivity contribution in [1.82, 2.24) is 4.58 Å². The van der Waals surface area contributed by atoms with E-state index in [2.05, 4.69) is 127 Å². The molecular weight excluding hydrogens is 520 g/mol. The molecule has 3 aliphatic heterocycles. The van der Waals surface area contributed by atoms with Gasteiger partial charge in [0.15, 0.2) is 0 Å². The van der Waals surface area contributed by atoms with Crippen molar-refractivity contribution in [2.75, 3.05) is 31.6 Å². The molecule has 0 aromatic heterocycles. The van der Waals surface area contributed by atoms with Crippen LogP contribution in [0.25, 0.3) is 11.1 Å². The predicted octanol–water partition coefficient (Wildman–Crippen LogP) is 6.90. The van der Waals surface area contributed by atoms with Crippen LogP contribution >= 0.6 is 0 Å². The molecular formula is C41H43N2+. The molecule has 7 rings (SSSR count). The molecule has 216 valence electrons. The molecule has 0 atom stereocenters. The van der Waals surface area contributed by atoms with Gasteiger partial charge in [-0.05, 0) is 107 Å². The van der Waals surface area contributed by atoms with E-state index in [1.54, 1.807) is 0 Å². The molecule has 4 aromatic rings. The highest BCUT2D eigenvalue weighted by molar-refractivity contribution is 5.84. The molecule has 0 N–H and O–H groups in total. The largest absolute Gasteiger partial charge is 0.371 e. The Bertz CT molecular complexity index is 1800. The van der Waals surface area contributed by atoms with Gasteiger partial charge in [-0.15, -0.1) is 0 Å². The number of hydrogen-bond acceptors (Lipinski definition) is 1. The van der Waals surface area contributed by atoms with Crippen molar-refractivity contribution in [2.45, 2.75) is 51.9 Å². The number of rotatable bonds is 6. The molecule has 0 radical (unpaired) electrons. The fourth-order valence-corrected chi connectivity index (χ4v) is 7.64. The first-order chi connectivity index (χ1) is 21.2. The molecule has 0 aliphatic carbocycles. The molecule has 2 heteroatoms. The van der Waals surface area contributed by atoms with Crippen molar-refractivity contribution in [3.05, 3.63) is 153 Å². The Morgan fingerprint density at radius 3 is 2.07 bits per heavy atom. The second-order valence-electron chi connectivity index (χ2n) is 12.4. The van der Waals surface area contributed by atoms with Crippen LogP contribution in [0.15, 0.2) is 103 Å². The summed E-state index contributed by atoms with van der Waals surface area (Å²) in [6.45, 7) is 5.85. The van der Waals surface area contributed by atoms with Gasteiger partial charge in [0, 0.05) is 36.3 Å². The Morgan fingerprint density at radius 2 is 1.40 bits per heavy atom. The van der Waals surface area contributed by atoms with Gasteiger partial charge in [0.05, 0.1) is 0 Å². The smallest absolute Gasteiger partial charge is 0.206 e. The summed E-state index contributed by atoms with van der Waals surface area (Å²) >= 11 is 0. The molecule has 0 saturated heterocycles. The summed E-state index contributed by atoms with van der Waals surface area (Å²) in [7, 11) is 2.25. The molecule has 0 saturated carbocycles. The lowest BCUT2D eigenvalue weighted by Crippen LogP contribution is -2.38. The standard InChI is InChI=1S/C41H43N2/c1-3-30-26-36(27-33-18-11-23-42(2)40(30)33)38(31-14-6-4-7-15-31)21-10-22-39(32-16-8-5-9-17-32)37-28-34-19-12-24-43-25-13-20-35(29-37)41(34)43/h4-10,14-17,21-22,26-29H,3,11-13,18-20,23-25H2,1-2H3/q+1. The summed E-state index contributed by atoms with van der Waals surface area (Å²) in [6, 6.07) is 31.7. The Labute approximate surface area is 257 Å². The van der Waals surface area contributed by atoms with Crippen LogP contribution in [0.3, 0.4) is 0 Å². The van der Waals surface area contributed by atoms with Gasteiger partial charge in [-0.3, -0.25) is 0 Å². The summed E-state index contributed by atoms with van der Waals surface area (Å²) in [5.74, 6) is 0. The molecule has 2 nitrogen and oxygen atoms in total. The van der Waals surface area contributed by atoms with Crippen molar-refractivity contribution in [1.29, 1.82) is 0 Å². The number of anilines is 1. The van der Waals surface area contributed by atoms with Crippen LogP contribution in [-0.4, -0.2) is 26.7 Å². The number of fused-ring (bicyclic) bond motifs is 1. The number of hydrogen-bond donors (Lipinski definition) is 0. The quantitative estimate of drug-likeness (QED) is 0.183. The highest BCUT2D eigenvalue weighted by atomic mass is 15.1. The molecule has 0 amide bonds. The Balaban J connectivity index is 1.39. The molecule has 0 bridgehead atoms. The third-order valence-electron chi connectivity index (χ3n) is 9.62. The van der Waals surface area contributed by atoms with E-state index < -0.39 is 0 Å². The van der Waals surface area contributed by atoms with E-state index in [0.29, 0.717) is 0 Å². The van der Waals surface area contributed by atoms with Crippen LogP contribution in [0.5, 0.6) is 0 Å². The fraction of sp³-hybridized carbons (Fsp3) is 0.293. The summed E-state index contributed by atoms with van der Waals surface area (Å²) in [6.07, 6.45) is 15.3. The molecule has 3 heterocycles. The minimum absolute atomic E-state index is 1.04. The lowest BCUT2D eigenvalue weighted by Gasteiger charge is -2.37. The van der Waals surface area contributed by atoms with Gasteiger partial charge in [-0.2, -0.15) is 0 Å². The highest BCUT2D eigenvalue weighted by Crippen LogP contribution is 2.38. The topological polar surface area (TPSA) is 6.25 Å². The second-order valence-corrected chi connectivity index (χ2v) is 12.4. The first kappa shape index (κ1) is 27.7. The van der Waals surface area contributed by atoms with Gasteiger partial charge in [0.1, 0.15) is 13.6 Å². The monoisotopic (exact) mass is 563 g/mol. The van der Waals surface area contributed by atoms with Gasteiger partial charge in [0.2, 0.25) is 5.36 Å². The van der Waals surface area contributed by atoms with Crippen molar-refractivity contribution in [3.8, 4) is 0 Å². The summed E-state index contributed by atoms with van der Waals surface area (Å²) < 4.78 is 2.46. The van der Waals surface area contributed by atoms with Gasteiger partial charge in [-0.1, -0.05) is 85.8 Å². The maximum absolute atomic E-state index is 2.63. The normalized spacial score (nSPS) is 17.1. The van der Waals surface area contributed by atoms with Crippen molar-refractivity contribution in [2.24, 2.45) is 0 Å². The Morgan fingerprint density at radius 1 is 0.744 bits per heavy atom. The molecule has 43 heavy (non-hydrogen) atoms. The minimum atomic E-state index is 1.04. The first-order valence-corrected chi connectivity index (χ1v) is 16.3. The van der Waals surface area contributed by atoms with Crippen molar-refractivity contribution in [3.63, 3.8) is 0 Å². The van der Waals surface area contributed by atoms with E-state index in [1.807, 2.05) is 0 Å². The van der Waals surface area contributed by atoms with Crippen LogP contribution in [-0.2, 0) is 25.7 Å². The van der Waals surface area contributed by atoms with E-state index in [-0.39, 0.29) is 0 Å². The average Bonchev–Trinajstić information content (AvgIpc) is 3.05. The zero-order chi connectivity index (χ0) is 29.2. The van der Waals surface area contributed by atoms with E-state index >= 15 is 0 Å². The average molecular weight is 564 g/mol. The van der Waals surface area contributed by atoms with Gasteiger partial charge < -0.3 is 4.90 Å². The van der Waals surface area contributed by atoms with Crippen LogP contribution in [0.4, 0.5) is 5.69 Å². The van der Waals surface area contributed by atoms with Gasteiger partial charge in [-0.25, -0.2) is 4.58 Å². The molecule has 0 spiro atoms. The maximum Gasteiger partial charge on any atom is 0.206 e. The number of benzene rings is 4. The Hall–Kier alpha value is -4.17. The second kappa shape index (κ2) is 12.2. The Kier molecular flexibility index (Phi) is 7.85. The van der Waals surface area contributed by atoms with Crippen LogP contribution in [0.2, 0.25) is 0 Å². The van der Waals surface area contributed by atoms with Gasteiger partial charge in [0.25, 0.3) is 0 Å². The highest BCUT2D eigenvalue weighted by Gasteiger charge is 2.25. The van der Waals surface area contributed by atoms with E-state index in [9.17, 15) is 0 Å². The lowest BCUT2D eigenvalue weighted by atomic mass is 9.86. The SMILES string of the molecule is CCc1c/c(=C(/C=C/C=C(\c2ccccc2)c2cc3c4c(c2)CCCN4CCC3)c2ccccc2)cc2c1=[N+](C)CCC2. The fourth-order valence-electron chi connectivity index (χ4n) is 7.64. The number of aryl methyl sites for hydroxylation is 4. The predicted molar refractivity (Wildman–Crippen MR) is 182 cm³/mol. The summed E-state index contributed by atoms with van der Waals surface area (Å²) in [5, 5.41) is 2.77. The van der Waals surface area contributed by atoms with Crippen molar-refractivity contribution >= 4 is 16.8 Å². The molecule has 4 aromatic carbocycles.